The van der Waals surface area contributed by atoms with Crippen LogP contribution in [0.25, 0.3) is 0 Å². The first kappa shape index (κ1) is 16.9. The van der Waals surface area contributed by atoms with Crippen molar-refractivity contribution in [1.29, 1.82) is 0 Å². The van der Waals surface area contributed by atoms with Gasteiger partial charge in [-0.15, -0.1) is 0 Å². The SMILES string of the molecule is CCC1(NS(=O)(=O)c2cc(Br)cc(CNC)c2F)CCC1. The fourth-order valence-corrected chi connectivity index (χ4v) is 4.94. The Bertz CT molecular complexity index is 625. The Morgan fingerprint density at radius 2 is 2.05 bits per heavy atom. The van der Waals surface area contributed by atoms with E-state index < -0.39 is 21.4 Å². The van der Waals surface area contributed by atoms with Crippen LogP contribution in [0, 0.1) is 5.82 Å². The molecular formula is C14H20BrFN2O2S. The van der Waals surface area contributed by atoms with Crippen molar-refractivity contribution in [3.63, 3.8) is 0 Å². The average molecular weight is 379 g/mol. The molecule has 0 bridgehead atoms. The maximum absolute atomic E-state index is 14.5. The third-order valence-corrected chi connectivity index (χ3v) is 6.11. The van der Waals surface area contributed by atoms with E-state index >= 15 is 0 Å². The van der Waals surface area contributed by atoms with Gasteiger partial charge in [0.15, 0.2) is 0 Å². The minimum absolute atomic E-state index is 0.271. The van der Waals surface area contributed by atoms with Crippen molar-refractivity contribution < 1.29 is 12.8 Å². The fraction of sp³-hybridized carbons (Fsp3) is 0.571. The molecule has 2 N–H and O–H groups in total. The van der Waals surface area contributed by atoms with Gasteiger partial charge < -0.3 is 5.32 Å². The number of hydrogen-bond donors (Lipinski definition) is 2. The first-order valence-corrected chi connectivity index (χ1v) is 9.28. The van der Waals surface area contributed by atoms with Gasteiger partial charge >= 0.3 is 0 Å². The smallest absolute Gasteiger partial charge is 0.244 e. The van der Waals surface area contributed by atoms with Crippen LogP contribution in [0.3, 0.4) is 0 Å². The van der Waals surface area contributed by atoms with Gasteiger partial charge in [0.1, 0.15) is 10.7 Å². The van der Waals surface area contributed by atoms with Crippen LogP contribution in [0.4, 0.5) is 4.39 Å². The normalized spacial score (nSPS) is 17.5. The zero-order valence-corrected chi connectivity index (χ0v) is 14.6. The summed E-state index contributed by atoms with van der Waals surface area (Å²) in [7, 11) is -2.18. The summed E-state index contributed by atoms with van der Waals surface area (Å²) in [5.74, 6) is -0.689. The Morgan fingerprint density at radius 3 is 2.52 bits per heavy atom. The fourth-order valence-electron chi connectivity index (χ4n) is 2.60. The highest BCUT2D eigenvalue weighted by molar-refractivity contribution is 9.10. The summed E-state index contributed by atoms with van der Waals surface area (Å²) in [6.45, 7) is 2.22. The molecule has 0 heterocycles. The standard InChI is InChI=1S/C14H20BrFN2O2S/c1-3-14(5-4-6-14)18-21(19,20)12-8-11(15)7-10(9-17-2)13(12)16/h7-8,17-18H,3-6,9H2,1-2H3. The minimum atomic E-state index is -3.87. The molecule has 1 fully saturated rings. The van der Waals surface area contributed by atoms with Crippen LogP contribution in [-0.4, -0.2) is 21.0 Å². The predicted molar refractivity (Wildman–Crippen MR) is 84.1 cm³/mol. The van der Waals surface area contributed by atoms with E-state index in [0.717, 1.165) is 19.3 Å². The molecular weight excluding hydrogens is 359 g/mol. The summed E-state index contributed by atoms with van der Waals surface area (Å²) in [4.78, 5) is -0.290. The molecule has 1 saturated carbocycles. The van der Waals surface area contributed by atoms with Gasteiger partial charge in [0.05, 0.1) is 0 Å². The molecule has 0 saturated heterocycles. The van der Waals surface area contributed by atoms with Crippen molar-refractivity contribution in [3.05, 3.63) is 28.0 Å². The summed E-state index contributed by atoms with van der Waals surface area (Å²) < 4.78 is 42.8. The molecule has 0 atom stereocenters. The van der Waals surface area contributed by atoms with Crippen LogP contribution >= 0.6 is 15.9 Å². The van der Waals surface area contributed by atoms with Gasteiger partial charge in [-0.3, -0.25) is 0 Å². The van der Waals surface area contributed by atoms with Crippen LogP contribution in [0.15, 0.2) is 21.5 Å². The Morgan fingerprint density at radius 1 is 1.38 bits per heavy atom. The Kier molecular flexibility index (Phi) is 5.07. The molecule has 2 rings (SSSR count). The molecule has 21 heavy (non-hydrogen) atoms. The molecule has 1 aliphatic rings. The molecule has 118 valence electrons. The highest BCUT2D eigenvalue weighted by atomic mass is 79.9. The maximum Gasteiger partial charge on any atom is 0.244 e. The van der Waals surface area contributed by atoms with Crippen LogP contribution < -0.4 is 10.0 Å². The van der Waals surface area contributed by atoms with Gasteiger partial charge in [-0.1, -0.05) is 22.9 Å². The lowest BCUT2D eigenvalue weighted by atomic mass is 9.76. The van der Waals surface area contributed by atoms with E-state index in [-0.39, 0.29) is 11.4 Å². The zero-order valence-electron chi connectivity index (χ0n) is 12.2. The number of hydrogen-bond acceptors (Lipinski definition) is 3. The summed E-state index contributed by atoms with van der Waals surface area (Å²) in [5, 5.41) is 2.84. The van der Waals surface area contributed by atoms with E-state index in [1.54, 1.807) is 13.1 Å². The molecule has 1 aromatic rings. The van der Waals surface area contributed by atoms with Crippen molar-refractivity contribution in [2.75, 3.05) is 7.05 Å². The van der Waals surface area contributed by atoms with Crippen molar-refractivity contribution in [2.24, 2.45) is 0 Å². The summed E-state index contributed by atoms with van der Waals surface area (Å²) in [6, 6.07) is 2.91. The van der Waals surface area contributed by atoms with E-state index in [4.69, 9.17) is 0 Å². The van der Waals surface area contributed by atoms with Crippen LogP contribution in [0.1, 0.15) is 38.2 Å². The molecule has 4 nitrogen and oxygen atoms in total. The lowest BCUT2D eigenvalue weighted by molar-refractivity contribution is 0.213. The van der Waals surface area contributed by atoms with Crippen molar-refractivity contribution in [1.82, 2.24) is 10.0 Å². The number of halogens is 2. The highest BCUT2D eigenvalue weighted by Crippen LogP contribution is 2.36. The first-order chi connectivity index (χ1) is 9.83. The Labute approximate surface area is 133 Å². The van der Waals surface area contributed by atoms with Crippen LogP contribution in [-0.2, 0) is 16.6 Å². The zero-order chi connectivity index (χ0) is 15.7. The molecule has 0 aliphatic heterocycles. The number of nitrogens with one attached hydrogen (secondary N) is 2. The third kappa shape index (κ3) is 3.47. The van der Waals surface area contributed by atoms with Crippen molar-refractivity contribution >= 4 is 26.0 Å². The van der Waals surface area contributed by atoms with Gasteiger partial charge in [0, 0.05) is 22.1 Å². The lowest BCUT2D eigenvalue weighted by Crippen LogP contribution is -2.52. The third-order valence-electron chi connectivity index (χ3n) is 4.07. The van der Waals surface area contributed by atoms with Gasteiger partial charge in [-0.05, 0) is 44.9 Å². The van der Waals surface area contributed by atoms with Crippen LogP contribution in [0.2, 0.25) is 0 Å². The van der Waals surface area contributed by atoms with Gasteiger partial charge in [0.25, 0.3) is 0 Å². The molecule has 0 amide bonds. The van der Waals surface area contributed by atoms with Gasteiger partial charge in [-0.2, -0.15) is 0 Å². The Balaban J connectivity index is 2.40. The van der Waals surface area contributed by atoms with E-state index in [2.05, 4.69) is 26.0 Å². The van der Waals surface area contributed by atoms with Crippen molar-refractivity contribution in [3.8, 4) is 0 Å². The average Bonchev–Trinajstić information content (AvgIpc) is 2.38. The lowest BCUT2D eigenvalue weighted by Gasteiger charge is -2.41. The highest BCUT2D eigenvalue weighted by Gasteiger charge is 2.40. The molecule has 7 heteroatoms. The quantitative estimate of drug-likeness (QED) is 0.799. The van der Waals surface area contributed by atoms with E-state index in [1.165, 1.54) is 6.07 Å². The first-order valence-electron chi connectivity index (χ1n) is 7.00. The number of benzene rings is 1. The molecule has 1 aromatic carbocycles. The molecule has 0 radical (unpaired) electrons. The topological polar surface area (TPSA) is 58.2 Å². The second-order valence-corrected chi connectivity index (χ2v) is 8.07. The summed E-state index contributed by atoms with van der Waals surface area (Å²) >= 11 is 3.25. The van der Waals surface area contributed by atoms with Gasteiger partial charge in [-0.25, -0.2) is 17.5 Å². The van der Waals surface area contributed by atoms with Crippen molar-refractivity contribution in [2.45, 2.75) is 49.6 Å². The molecule has 1 aliphatic carbocycles. The minimum Gasteiger partial charge on any atom is -0.316 e. The summed E-state index contributed by atoms with van der Waals surface area (Å²) in [5.41, 5.74) is -0.0806. The number of sulfonamides is 1. The van der Waals surface area contributed by atoms with E-state index in [9.17, 15) is 12.8 Å². The molecule has 0 aromatic heterocycles. The molecule has 0 unspecified atom stereocenters. The second-order valence-electron chi connectivity index (χ2n) is 5.50. The van der Waals surface area contributed by atoms with E-state index in [0.29, 0.717) is 16.5 Å². The largest absolute Gasteiger partial charge is 0.316 e. The van der Waals surface area contributed by atoms with Crippen LogP contribution in [0.5, 0.6) is 0 Å². The maximum atomic E-state index is 14.5. The molecule has 0 spiro atoms. The monoisotopic (exact) mass is 378 g/mol. The summed E-state index contributed by atoms with van der Waals surface area (Å²) in [6.07, 6.45) is 3.33. The Hall–Kier alpha value is -0.500. The van der Waals surface area contributed by atoms with Gasteiger partial charge in [0.2, 0.25) is 10.0 Å². The predicted octanol–water partition coefficient (Wildman–Crippen LogP) is 2.92. The van der Waals surface area contributed by atoms with E-state index in [1.807, 2.05) is 6.92 Å². The number of rotatable bonds is 6. The second kappa shape index (κ2) is 6.32.